The summed E-state index contributed by atoms with van der Waals surface area (Å²) in [6.45, 7) is 2.24. The van der Waals surface area contributed by atoms with Crippen LogP contribution in [0.15, 0.2) is 36.7 Å². The van der Waals surface area contributed by atoms with Gasteiger partial charge in [0.05, 0.1) is 27.4 Å². The van der Waals surface area contributed by atoms with Crippen LogP contribution in [0.3, 0.4) is 0 Å². The third-order valence-corrected chi connectivity index (χ3v) is 5.00. The van der Waals surface area contributed by atoms with Crippen molar-refractivity contribution < 1.29 is 19.0 Å². The van der Waals surface area contributed by atoms with Crippen molar-refractivity contribution in [3.8, 4) is 23.3 Å². The molecule has 1 aliphatic heterocycles. The summed E-state index contributed by atoms with van der Waals surface area (Å²) in [5.74, 6) is 1.22. The smallest absolute Gasteiger partial charge is 0.254 e. The van der Waals surface area contributed by atoms with E-state index in [0.717, 1.165) is 5.56 Å². The Morgan fingerprint density at radius 2 is 1.68 bits per heavy atom. The summed E-state index contributed by atoms with van der Waals surface area (Å²) < 4.78 is 16.0. The van der Waals surface area contributed by atoms with E-state index in [1.807, 2.05) is 12.1 Å². The van der Waals surface area contributed by atoms with Crippen LogP contribution in [0.5, 0.6) is 17.2 Å². The van der Waals surface area contributed by atoms with Crippen LogP contribution in [-0.4, -0.2) is 68.2 Å². The number of pyridine rings is 1. The summed E-state index contributed by atoms with van der Waals surface area (Å²) in [4.78, 5) is 21.0. The molecule has 10 heteroatoms. The number of piperazine rings is 1. The number of ether oxygens (including phenoxy) is 3. The monoisotopic (exact) mass is 468 g/mol. The fourth-order valence-electron chi connectivity index (χ4n) is 3.48. The highest BCUT2D eigenvalue weighted by molar-refractivity contribution is 5.95. The quantitative estimate of drug-likeness (QED) is 0.643. The average molecular weight is 469 g/mol. The number of hydrogen-bond donors (Lipinski definition) is 0. The molecule has 1 aromatic heterocycles. The van der Waals surface area contributed by atoms with Gasteiger partial charge in [-0.15, -0.1) is 24.8 Å². The Morgan fingerprint density at radius 1 is 1.06 bits per heavy atom. The number of carbonyl (C=O) groups is 1. The maximum absolute atomic E-state index is 13.0. The van der Waals surface area contributed by atoms with Crippen molar-refractivity contribution in [3.05, 3.63) is 47.8 Å². The van der Waals surface area contributed by atoms with E-state index in [9.17, 15) is 10.1 Å². The first kappa shape index (κ1) is 26.3. The molecule has 2 heterocycles. The van der Waals surface area contributed by atoms with E-state index in [4.69, 9.17) is 14.2 Å². The van der Waals surface area contributed by atoms with E-state index in [-0.39, 0.29) is 36.8 Å². The van der Waals surface area contributed by atoms with Crippen LogP contribution >= 0.6 is 24.8 Å². The second-order valence-corrected chi connectivity index (χ2v) is 6.56. The summed E-state index contributed by atoms with van der Waals surface area (Å²) in [6, 6.07) is 9.00. The highest BCUT2D eigenvalue weighted by Gasteiger charge is 2.28. The Morgan fingerprint density at radius 3 is 2.13 bits per heavy atom. The van der Waals surface area contributed by atoms with Crippen LogP contribution in [-0.2, 0) is 0 Å². The highest BCUT2D eigenvalue weighted by Crippen LogP contribution is 2.38. The van der Waals surface area contributed by atoms with E-state index >= 15 is 0 Å². The Hall–Kier alpha value is -2.73. The van der Waals surface area contributed by atoms with Gasteiger partial charge in [-0.1, -0.05) is 6.07 Å². The van der Waals surface area contributed by atoms with Crippen molar-refractivity contribution in [3.63, 3.8) is 0 Å². The fraction of sp³-hybridized carbons (Fsp3) is 0.381. The van der Waals surface area contributed by atoms with Crippen molar-refractivity contribution >= 4 is 30.7 Å². The standard InChI is InChI=1S/C21H24N4O4.2ClH/c1-27-18-11-16(12-19(28-2)20(18)29-3)21(26)25-9-7-24(8-10-25)17(13-22)15-5-4-6-23-14-15;;/h4-6,11-12,14,17H,7-10H2,1-3H3;2*1H. The molecule has 1 fully saturated rings. The Kier molecular flexibility index (Phi) is 10.4. The minimum absolute atomic E-state index is 0. The Bertz CT molecular complexity index is 875. The van der Waals surface area contributed by atoms with Crippen LogP contribution in [0.2, 0.25) is 0 Å². The van der Waals surface area contributed by atoms with E-state index in [1.165, 1.54) is 21.3 Å². The first-order valence-corrected chi connectivity index (χ1v) is 9.25. The van der Waals surface area contributed by atoms with E-state index in [1.54, 1.807) is 29.4 Å². The number of nitriles is 1. The Labute approximate surface area is 194 Å². The fourth-order valence-corrected chi connectivity index (χ4v) is 3.48. The number of amides is 1. The summed E-state index contributed by atoms with van der Waals surface area (Å²) in [7, 11) is 4.56. The first-order chi connectivity index (χ1) is 14.1. The van der Waals surface area contributed by atoms with Crippen molar-refractivity contribution in [2.45, 2.75) is 6.04 Å². The molecule has 0 radical (unpaired) electrons. The third-order valence-electron chi connectivity index (χ3n) is 5.00. The lowest BCUT2D eigenvalue weighted by Crippen LogP contribution is -2.49. The minimum Gasteiger partial charge on any atom is -0.493 e. The van der Waals surface area contributed by atoms with Crippen LogP contribution < -0.4 is 14.2 Å². The molecule has 31 heavy (non-hydrogen) atoms. The van der Waals surface area contributed by atoms with Gasteiger partial charge in [0.15, 0.2) is 11.5 Å². The first-order valence-electron chi connectivity index (χ1n) is 9.25. The zero-order chi connectivity index (χ0) is 20.8. The molecule has 0 bridgehead atoms. The average Bonchev–Trinajstić information content (AvgIpc) is 2.79. The number of hydrogen-bond acceptors (Lipinski definition) is 7. The van der Waals surface area contributed by atoms with E-state index in [2.05, 4.69) is 16.0 Å². The van der Waals surface area contributed by atoms with E-state index < -0.39 is 0 Å². The van der Waals surface area contributed by atoms with Crippen LogP contribution in [0.4, 0.5) is 0 Å². The van der Waals surface area contributed by atoms with Gasteiger partial charge in [-0.05, 0) is 18.2 Å². The molecule has 0 saturated carbocycles. The number of halogens is 2. The molecule has 0 N–H and O–H groups in total. The molecule has 168 valence electrons. The van der Waals surface area contributed by atoms with E-state index in [0.29, 0.717) is 49.0 Å². The molecule has 1 unspecified atom stereocenters. The normalized spacial score (nSPS) is 14.3. The zero-order valence-electron chi connectivity index (χ0n) is 17.6. The molecule has 1 amide bonds. The van der Waals surface area contributed by atoms with Gasteiger partial charge in [-0.25, -0.2) is 0 Å². The van der Waals surface area contributed by atoms with Crippen LogP contribution in [0.1, 0.15) is 22.0 Å². The highest BCUT2D eigenvalue weighted by atomic mass is 35.5. The molecule has 1 aliphatic rings. The lowest BCUT2D eigenvalue weighted by molar-refractivity contribution is 0.0605. The molecule has 0 spiro atoms. The number of rotatable bonds is 6. The van der Waals surface area contributed by atoms with Crippen molar-refractivity contribution in [2.75, 3.05) is 47.5 Å². The van der Waals surface area contributed by atoms with Gasteiger partial charge < -0.3 is 19.1 Å². The lowest BCUT2D eigenvalue weighted by Gasteiger charge is -2.37. The second kappa shape index (κ2) is 12.2. The SMILES string of the molecule is COc1cc(C(=O)N2CCN(C(C#N)c3cccnc3)CC2)cc(OC)c1OC.Cl.Cl. The lowest BCUT2D eigenvalue weighted by atomic mass is 10.1. The summed E-state index contributed by atoms with van der Waals surface area (Å²) in [6.07, 6.45) is 3.40. The van der Waals surface area contributed by atoms with Crippen molar-refractivity contribution in [1.29, 1.82) is 5.26 Å². The number of nitrogens with zero attached hydrogens (tertiary/aromatic N) is 4. The second-order valence-electron chi connectivity index (χ2n) is 6.56. The zero-order valence-corrected chi connectivity index (χ0v) is 19.2. The number of methoxy groups -OCH3 is 3. The van der Waals surface area contributed by atoms with Crippen LogP contribution in [0.25, 0.3) is 0 Å². The molecule has 3 rings (SSSR count). The number of benzene rings is 1. The summed E-state index contributed by atoms with van der Waals surface area (Å²) >= 11 is 0. The van der Waals surface area contributed by atoms with Crippen LogP contribution in [0, 0.1) is 11.3 Å². The maximum Gasteiger partial charge on any atom is 0.254 e. The number of carbonyl (C=O) groups excluding carboxylic acids is 1. The molecular weight excluding hydrogens is 443 g/mol. The van der Waals surface area contributed by atoms with Gasteiger partial charge in [-0.3, -0.25) is 14.7 Å². The van der Waals surface area contributed by atoms with Gasteiger partial charge in [0.25, 0.3) is 5.91 Å². The van der Waals surface area contributed by atoms with Crippen molar-refractivity contribution in [1.82, 2.24) is 14.8 Å². The minimum atomic E-state index is -0.373. The van der Waals surface area contributed by atoms with Gasteiger partial charge in [0.2, 0.25) is 5.75 Å². The van der Waals surface area contributed by atoms with Crippen molar-refractivity contribution in [2.24, 2.45) is 0 Å². The molecule has 1 aromatic carbocycles. The third kappa shape index (κ3) is 5.70. The maximum atomic E-state index is 13.0. The number of aromatic nitrogens is 1. The molecule has 1 atom stereocenters. The largest absolute Gasteiger partial charge is 0.493 e. The predicted octanol–water partition coefficient (Wildman–Crippen LogP) is 2.97. The topological polar surface area (TPSA) is 87.9 Å². The van der Waals surface area contributed by atoms with Gasteiger partial charge in [0, 0.05) is 49.7 Å². The molecule has 8 nitrogen and oxygen atoms in total. The van der Waals surface area contributed by atoms with Gasteiger partial charge in [-0.2, -0.15) is 5.26 Å². The van der Waals surface area contributed by atoms with Gasteiger partial charge >= 0.3 is 0 Å². The molecule has 1 saturated heterocycles. The predicted molar refractivity (Wildman–Crippen MR) is 121 cm³/mol. The molecule has 0 aliphatic carbocycles. The molecular formula is C21H26Cl2N4O4. The van der Waals surface area contributed by atoms with Gasteiger partial charge in [0.1, 0.15) is 6.04 Å². The summed E-state index contributed by atoms with van der Waals surface area (Å²) in [5, 5.41) is 9.61. The summed E-state index contributed by atoms with van der Waals surface area (Å²) in [5.41, 5.74) is 1.33. The molecule has 2 aromatic rings. The Balaban J connectivity index is 0.00000240.